The minimum absolute atomic E-state index is 0.133. The van der Waals surface area contributed by atoms with Crippen LogP contribution in [0.5, 0.6) is 0 Å². The van der Waals surface area contributed by atoms with Crippen molar-refractivity contribution in [1.29, 1.82) is 0 Å². The van der Waals surface area contributed by atoms with Gasteiger partial charge in [0.05, 0.1) is 12.1 Å². The van der Waals surface area contributed by atoms with Crippen molar-refractivity contribution in [2.75, 3.05) is 16.8 Å². The molecule has 142 valence electrons. The van der Waals surface area contributed by atoms with E-state index in [2.05, 4.69) is 10.2 Å². The fraction of sp³-hybridized carbons (Fsp3) is 0.476. The molecule has 0 aromatic heterocycles. The van der Waals surface area contributed by atoms with Crippen molar-refractivity contribution in [1.82, 2.24) is 4.90 Å². The second kappa shape index (κ2) is 7.18. The molecule has 1 N–H and O–H groups in total. The van der Waals surface area contributed by atoms with Gasteiger partial charge in [-0.15, -0.1) is 0 Å². The summed E-state index contributed by atoms with van der Waals surface area (Å²) in [5, 5.41) is 2.69. The van der Waals surface area contributed by atoms with Crippen LogP contribution >= 0.6 is 0 Å². The third kappa shape index (κ3) is 3.36. The Kier molecular flexibility index (Phi) is 4.72. The maximum atomic E-state index is 13.1. The number of allylic oxidation sites excluding steroid dienone is 2. The third-order valence-electron chi connectivity index (χ3n) is 5.72. The van der Waals surface area contributed by atoms with Crippen molar-refractivity contribution in [3.05, 3.63) is 35.5 Å². The first-order valence-electron chi connectivity index (χ1n) is 9.76. The van der Waals surface area contributed by atoms with E-state index in [1.807, 2.05) is 0 Å². The quantitative estimate of drug-likeness (QED) is 0.833. The van der Waals surface area contributed by atoms with Crippen molar-refractivity contribution in [3.63, 3.8) is 0 Å². The van der Waals surface area contributed by atoms with E-state index in [1.54, 1.807) is 24.3 Å². The van der Waals surface area contributed by atoms with Crippen LogP contribution in [0.4, 0.5) is 11.4 Å². The van der Waals surface area contributed by atoms with E-state index in [0.717, 1.165) is 32.2 Å². The topological polar surface area (TPSA) is 69.7 Å². The van der Waals surface area contributed by atoms with E-state index in [1.165, 1.54) is 35.9 Å². The summed E-state index contributed by atoms with van der Waals surface area (Å²) in [6.07, 6.45) is 6.99. The van der Waals surface area contributed by atoms with Gasteiger partial charge in [0.15, 0.2) is 0 Å². The van der Waals surface area contributed by atoms with Crippen LogP contribution in [-0.2, 0) is 14.4 Å². The van der Waals surface area contributed by atoms with Crippen LogP contribution in [0.3, 0.4) is 0 Å². The Balaban J connectivity index is 1.56. The molecule has 3 amide bonds. The fourth-order valence-corrected chi connectivity index (χ4v) is 4.54. The molecule has 0 bridgehead atoms. The molecule has 6 heteroatoms. The lowest BCUT2D eigenvalue weighted by Gasteiger charge is -2.39. The molecule has 1 aromatic rings. The van der Waals surface area contributed by atoms with Crippen molar-refractivity contribution in [2.24, 2.45) is 0 Å². The highest BCUT2D eigenvalue weighted by molar-refractivity contribution is 6.22. The highest BCUT2D eigenvalue weighted by Crippen LogP contribution is 2.37. The standard InChI is InChI=1S/C21H25N3O3/c1-14(25)22-16-8-10-17(11-9-16)24-20(26)13-19(21(24)27)23-12-4-6-15-5-2-3-7-18(15)23/h8-11,19H,2-7,12-13H2,1H3,(H,22,25). The summed E-state index contributed by atoms with van der Waals surface area (Å²) in [6.45, 7) is 2.30. The van der Waals surface area contributed by atoms with Crippen molar-refractivity contribution < 1.29 is 14.4 Å². The van der Waals surface area contributed by atoms with Gasteiger partial charge in [-0.1, -0.05) is 5.57 Å². The molecule has 0 spiro atoms. The Labute approximate surface area is 159 Å². The maximum Gasteiger partial charge on any atom is 0.256 e. The number of nitrogens with one attached hydrogen (secondary N) is 1. The molecule has 2 heterocycles. The number of amides is 3. The number of nitrogens with zero attached hydrogens (tertiary/aromatic N) is 2. The number of anilines is 2. The molecule has 1 aliphatic carbocycles. The zero-order chi connectivity index (χ0) is 19.0. The molecular formula is C21H25N3O3. The van der Waals surface area contributed by atoms with Gasteiger partial charge in [-0.05, 0) is 62.8 Å². The molecule has 1 atom stereocenters. The molecule has 2 aliphatic heterocycles. The molecule has 1 saturated heterocycles. The molecule has 1 fully saturated rings. The Bertz CT molecular complexity index is 808. The van der Waals surface area contributed by atoms with Crippen molar-refractivity contribution in [3.8, 4) is 0 Å². The SMILES string of the molecule is CC(=O)Nc1ccc(N2C(=O)CC(N3CCCC4=C3CCCC4)C2=O)cc1. The normalized spacial score (nSPS) is 22.9. The maximum absolute atomic E-state index is 13.1. The Morgan fingerprint density at radius 2 is 1.74 bits per heavy atom. The molecule has 3 aliphatic rings. The van der Waals surface area contributed by atoms with Gasteiger partial charge < -0.3 is 10.2 Å². The summed E-state index contributed by atoms with van der Waals surface area (Å²) in [5.41, 5.74) is 4.03. The van der Waals surface area contributed by atoms with Crippen LogP contribution in [0, 0.1) is 0 Å². The first-order valence-corrected chi connectivity index (χ1v) is 9.76. The van der Waals surface area contributed by atoms with Gasteiger partial charge in [-0.25, -0.2) is 4.90 Å². The Morgan fingerprint density at radius 3 is 2.48 bits per heavy atom. The van der Waals surface area contributed by atoms with Crippen molar-refractivity contribution in [2.45, 2.75) is 57.9 Å². The molecule has 1 unspecified atom stereocenters. The third-order valence-corrected chi connectivity index (χ3v) is 5.72. The van der Waals surface area contributed by atoms with E-state index < -0.39 is 0 Å². The van der Waals surface area contributed by atoms with Gasteiger partial charge in [-0.3, -0.25) is 14.4 Å². The lowest BCUT2D eigenvalue weighted by molar-refractivity contribution is -0.122. The predicted molar refractivity (Wildman–Crippen MR) is 103 cm³/mol. The van der Waals surface area contributed by atoms with Gasteiger partial charge in [-0.2, -0.15) is 0 Å². The zero-order valence-corrected chi connectivity index (χ0v) is 15.7. The summed E-state index contributed by atoms with van der Waals surface area (Å²) in [5.74, 6) is -0.440. The van der Waals surface area contributed by atoms with E-state index in [4.69, 9.17) is 0 Å². The molecule has 4 rings (SSSR count). The molecule has 6 nitrogen and oxygen atoms in total. The van der Waals surface area contributed by atoms with Crippen LogP contribution in [0.2, 0.25) is 0 Å². The zero-order valence-electron chi connectivity index (χ0n) is 15.7. The van der Waals surface area contributed by atoms with Crippen LogP contribution in [0.15, 0.2) is 35.5 Å². The summed E-state index contributed by atoms with van der Waals surface area (Å²) >= 11 is 0. The van der Waals surface area contributed by atoms with Crippen LogP contribution < -0.4 is 10.2 Å². The van der Waals surface area contributed by atoms with Gasteiger partial charge in [0.1, 0.15) is 6.04 Å². The number of carbonyl (C=O) groups excluding carboxylic acids is 3. The van der Waals surface area contributed by atoms with Gasteiger partial charge in [0.25, 0.3) is 5.91 Å². The predicted octanol–water partition coefficient (Wildman–Crippen LogP) is 3.20. The van der Waals surface area contributed by atoms with Crippen LogP contribution in [0.25, 0.3) is 0 Å². The monoisotopic (exact) mass is 367 g/mol. The highest BCUT2D eigenvalue weighted by atomic mass is 16.2. The minimum Gasteiger partial charge on any atom is -0.362 e. The Morgan fingerprint density at radius 1 is 1.04 bits per heavy atom. The molecule has 1 aromatic carbocycles. The second-order valence-corrected chi connectivity index (χ2v) is 7.57. The van der Waals surface area contributed by atoms with Crippen LogP contribution in [0.1, 0.15) is 51.9 Å². The fourth-order valence-electron chi connectivity index (χ4n) is 4.54. The number of carbonyl (C=O) groups is 3. The first-order chi connectivity index (χ1) is 13.0. The lowest BCUT2D eigenvalue weighted by atomic mass is 9.88. The average Bonchev–Trinajstić information content (AvgIpc) is 2.96. The highest BCUT2D eigenvalue weighted by Gasteiger charge is 2.44. The molecular weight excluding hydrogens is 342 g/mol. The molecule has 0 radical (unpaired) electrons. The summed E-state index contributed by atoms with van der Waals surface area (Å²) in [4.78, 5) is 40.4. The Hall–Kier alpha value is -2.63. The summed E-state index contributed by atoms with van der Waals surface area (Å²) in [7, 11) is 0. The number of imide groups is 1. The van der Waals surface area contributed by atoms with E-state index in [0.29, 0.717) is 11.4 Å². The lowest BCUT2D eigenvalue weighted by Crippen LogP contribution is -2.44. The van der Waals surface area contributed by atoms with Gasteiger partial charge in [0, 0.05) is 24.9 Å². The second-order valence-electron chi connectivity index (χ2n) is 7.57. The minimum atomic E-state index is -0.379. The van der Waals surface area contributed by atoms with E-state index >= 15 is 0 Å². The first kappa shape index (κ1) is 17.8. The van der Waals surface area contributed by atoms with Gasteiger partial charge in [0.2, 0.25) is 11.8 Å². The molecule has 0 saturated carbocycles. The summed E-state index contributed by atoms with van der Waals surface area (Å²) < 4.78 is 0. The largest absolute Gasteiger partial charge is 0.362 e. The molecule has 27 heavy (non-hydrogen) atoms. The number of benzene rings is 1. The number of rotatable bonds is 3. The van der Waals surface area contributed by atoms with Crippen molar-refractivity contribution >= 4 is 29.1 Å². The smallest absolute Gasteiger partial charge is 0.256 e. The number of hydrogen-bond donors (Lipinski definition) is 1. The van der Waals surface area contributed by atoms with Gasteiger partial charge >= 0.3 is 0 Å². The number of hydrogen-bond acceptors (Lipinski definition) is 4. The average molecular weight is 367 g/mol. The summed E-state index contributed by atoms with van der Waals surface area (Å²) in [6, 6.07) is 6.48. The van der Waals surface area contributed by atoms with E-state index in [9.17, 15) is 14.4 Å². The van der Waals surface area contributed by atoms with E-state index in [-0.39, 0.29) is 30.2 Å². The van der Waals surface area contributed by atoms with Crippen LogP contribution in [-0.4, -0.2) is 35.2 Å².